The number of hydrogen-bond donors (Lipinski definition) is 2. The van der Waals surface area contributed by atoms with Crippen molar-refractivity contribution in [1.29, 1.82) is 0 Å². The number of hydrogen-bond acceptors (Lipinski definition) is 7. The second-order valence-electron chi connectivity index (χ2n) is 5.01. The van der Waals surface area contributed by atoms with E-state index in [2.05, 4.69) is 21.0 Å². The van der Waals surface area contributed by atoms with Crippen LogP contribution in [0.1, 0.15) is 0 Å². The summed E-state index contributed by atoms with van der Waals surface area (Å²) in [4.78, 5) is 23.7. The standard InChI is InChI=1S/C15H11N5O2S2/c16-13-12-14(18-7-17-13)20(6-10(21)22)15(19-12)24-11-5-8-3-1-2-4-9(8)23-11/h1-5,7H,6H2,(H,21,22)(H2,16,17,18). The molecule has 0 spiro atoms. The summed E-state index contributed by atoms with van der Waals surface area (Å²) >= 11 is 3.03. The van der Waals surface area contributed by atoms with Crippen LogP contribution in [0.15, 0.2) is 46.0 Å². The maximum Gasteiger partial charge on any atom is 0.323 e. The first kappa shape index (κ1) is 14.9. The predicted molar refractivity (Wildman–Crippen MR) is 93.3 cm³/mol. The lowest BCUT2D eigenvalue weighted by Gasteiger charge is -2.03. The fourth-order valence-electron chi connectivity index (χ4n) is 2.39. The summed E-state index contributed by atoms with van der Waals surface area (Å²) in [7, 11) is 0. The molecule has 0 unspecified atom stereocenters. The van der Waals surface area contributed by atoms with Crippen molar-refractivity contribution in [3.63, 3.8) is 0 Å². The summed E-state index contributed by atoms with van der Waals surface area (Å²) in [5, 5.41) is 10.9. The molecule has 0 saturated carbocycles. The number of imidazole rings is 1. The highest BCUT2D eigenvalue weighted by Crippen LogP contribution is 2.37. The maximum absolute atomic E-state index is 11.2. The Bertz CT molecular complexity index is 1040. The number of nitrogens with zero attached hydrogens (tertiary/aromatic N) is 4. The molecule has 0 atom stereocenters. The number of carboxylic acids is 1. The van der Waals surface area contributed by atoms with Crippen LogP contribution in [-0.2, 0) is 11.3 Å². The van der Waals surface area contributed by atoms with E-state index in [-0.39, 0.29) is 12.4 Å². The number of anilines is 1. The van der Waals surface area contributed by atoms with E-state index in [1.54, 1.807) is 15.9 Å². The summed E-state index contributed by atoms with van der Waals surface area (Å²) < 4.78 is 3.73. The second-order valence-corrected chi connectivity index (χ2v) is 7.36. The zero-order valence-electron chi connectivity index (χ0n) is 12.2. The van der Waals surface area contributed by atoms with Crippen molar-refractivity contribution in [3.8, 4) is 0 Å². The average Bonchev–Trinajstić information content (AvgIpc) is 3.10. The van der Waals surface area contributed by atoms with Crippen molar-refractivity contribution in [2.45, 2.75) is 15.9 Å². The minimum atomic E-state index is -0.968. The van der Waals surface area contributed by atoms with Crippen molar-refractivity contribution in [1.82, 2.24) is 19.5 Å². The normalized spacial score (nSPS) is 11.3. The zero-order valence-corrected chi connectivity index (χ0v) is 13.8. The summed E-state index contributed by atoms with van der Waals surface area (Å²) in [6, 6.07) is 10.1. The molecule has 0 saturated heterocycles. The smallest absolute Gasteiger partial charge is 0.323 e. The van der Waals surface area contributed by atoms with Gasteiger partial charge in [0.05, 0.1) is 4.21 Å². The Morgan fingerprint density at radius 2 is 2.17 bits per heavy atom. The Morgan fingerprint density at radius 3 is 2.96 bits per heavy atom. The van der Waals surface area contributed by atoms with Crippen LogP contribution in [0.2, 0.25) is 0 Å². The van der Waals surface area contributed by atoms with E-state index in [9.17, 15) is 9.90 Å². The van der Waals surface area contributed by atoms with Crippen molar-refractivity contribution in [2.75, 3.05) is 5.73 Å². The third-order valence-corrected chi connectivity index (χ3v) is 5.64. The lowest BCUT2D eigenvalue weighted by Crippen LogP contribution is -2.10. The number of carbonyl (C=O) groups is 1. The molecule has 0 fully saturated rings. The van der Waals surface area contributed by atoms with E-state index in [1.807, 2.05) is 24.3 Å². The number of benzene rings is 1. The van der Waals surface area contributed by atoms with E-state index in [4.69, 9.17) is 5.73 Å². The molecule has 4 aromatic rings. The average molecular weight is 357 g/mol. The molecule has 0 aliphatic heterocycles. The number of carboxylic acid groups (broad SMARTS) is 1. The monoisotopic (exact) mass is 357 g/mol. The van der Waals surface area contributed by atoms with Crippen LogP contribution in [0.4, 0.5) is 5.82 Å². The lowest BCUT2D eigenvalue weighted by molar-refractivity contribution is -0.137. The van der Waals surface area contributed by atoms with Gasteiger partial charge in [-0.1, -0.05) is 18.2 Å². The lowest BCUT2D eigenvalue weighted by atomic mass is 10.3. The van der Waals surface area contributed by atoms with Crippen molar-refractivity contribution < 1.29 is 9.90 Å². The molecule has 3 N–H and O–H groups in total. The number of rotatable bonds is 4. The van der Waals surface area contributed by atoms with Crippen LogP contribution in [0.3, 0.4) is 0 Å². The van der Waals surface area contributed by atoms with Crippen molar-refractivity contribution in [2.24, 2.45) is 0 Å². The van der Waals surface area contributed by atoms with Crippen molar-refractivity contribution in [3.05, 3.63) is 36.7 Å². The van der Waals surface area contributed by atoms with E-state index in [0.29, 0.717) is 16.3 Å². The van der Waals surface area contributed by atoms with Gasteiger partial charge < -0.3 is 10.8 Å². The van der Waals surface area contributed by atoms with Gasteiger partial charge in [0.25, 0.3) is 0 Å². The molecule has 0 radical (unpaired) electrons. The van der Waals surface area contributed by atoms with Gasteiger partial charge in [-0.05, 0) is 29.3 Å². The Balaban J connectivity index is 1.82. The first-order chi connectivity index (χ1) is 11.6. The second kappa shape index (κ2) is 5.77. The van der Waals surface area contributed by atoms with Crippen LogP contribution in [0.5, 0.6) is 0 Å². The first-order valence-corrected chi connectivity index (χ1v) is 8.60. The van der Waals surface area contributed by atoms with Gasteiger partial charge in [0.2, 0.25) is 0 Å². The summed E-state index contributed by atoms with van der Waals surface area (Å²) in [6.07, 6.45) is 1.31. The third-order valence-electron chi connectivity index (χ3n) is 3.41. The molecular formula is C15H11N5O2S2. The summed E-state index contributed by atoms with van der Waals surface area (Å²) in [5.41, 5.74) is 6.69. The molecule has 4 rings (SSSR count). The quantitative estimate of drug-likeness (QED) is 0.578. The van der Waals surface area contributed by atoms with Gasteiger partial charge in [0.15, 0.2) is 22.1 Å². The van der Waals surface area contributed by atoms with Crippen LogP contribution in [-0.4, -0.2) is 30.6 Å². The summed E-state index contributed by atoms with van der Waals surface area (Å²) in [5.74, 6) is -0.730. The topological polar surface area (TPSA) is 107 Å². The molecule has 24 heavy (non-hydrogen) atoms. The first-order valence-electron chi connectivity index (χ1n) is 6.97. The number of nitrogens with two attached hydrogens (primary N) is 1. The Labute approximate surface area is 144 Å². The highest BCUT2D eigenvalue weighted by atomic mass is 32.2. The molecule has 0 aliphatic rings. The number of thiophene rings is 1. The van der Waals surface area contributed by atoms with Gasteiger partial charge in [-0.2, -0.15) is 0 Å². The molecular weight excluding hydrogens is 346 g/mol. The van der Waals surface area contributed by atoms with Crippen LogP contribution >= 0.6 is 23.1 Å². The van der Waals surface area contributed by atoms with Crippen molar-refractivity contribution >= 4 is 56.1 Å². The van der Waals surface area contributed by atoms with E-state index in [1.165, 1.54) is 22.8 Å². The minimum absolute atomic E-state index is 0.236. The number of aliphatic carboxylic acids is 1. The molecule has 3 heterocycles. The van der Waals surface area contributed by atoms with E-state index >= 15 is 0 Å². The maximum atomic E-state index is 11.2. The van der Waals surface area contributed by atoms with E-state index < -0.39 is 5.97 Å². The SMILES string of the molecule is Nc1ncnc2c1nc(Sc1cc3ccccc3s1)n2CC(=O)O. The molecule has 0 aliphatic carbocycles. The van der Waals surface area contributed by atoms with Crippen LogP contribution in [0.25, 0.3) is 21.3 Å². The van der Waals surface area contributed by atoms with Gasteiger partial charge in [-0.3, -0.25) is 9.36 Å². The molecule has 7 nitrogen and oxygen atoms in total. The third kappa shape index (κ3) is 2.57. The number of aromatic nitrogens is 4. The van der Waals surface area contributed by atoms with Gasteiger partial charge in [-0.25, -0.2) is 15.0 Å². The van der Waals surface area contributed by atoms with Crippen LogP contribution < -0.4 is 5.73 Å². The van der Waals surface area contributed by atoms with E-state index in [0.717, 1.165) is 9.60 Å². The highest BCUT2D eigenvalue weighted by molar-refractivity contribution is 8.01. The fourth-order valence-corrected chi connectivity index (χ4v) is 4.61. The molecule has 9 heteroatoms. The Morgan fingerprint density at radius 1 is 1.33 bits per heavy atom. The molecule has 3 aromatic heterocycles. The largest absolute Gasteiger partial charge is 0.480 e. The Kier molecular flexibility index (Phi) is 3.58. The minimum Gasteiger partial charge on any atom is -0.480 e. The van der Waals surface area contributed by atoms with Gasteiger partial charge >= 0.3 is 5.97 Å². The van der Waals surface area contributed by atoms with Gasteiger partial charge in [-0.15, -0.1) is 11.3 Å². The number of nitrogen functional groups attached to an aromatic ring is 1. The zero-order chi connectivity index (χ0) is 16.7. The highest BCUT2D eigenvalue weighted by Gasteiger charge is 2.18. The predicted octanol–water partition coefficient (Wildman–Crippen LogP) is 2.86. The van der Waals surface area contributed by atoms with Gasteiger partial charge in [0.1, 0.15) is 12.9 Å². The molecule has 1 aromatic carbocycles. The molecule has 0 bridgehead atoms. The molecule has 0 amide bonds. The summed E-state index contributed by atoms with van der Waals surface area (Å²) in [6.45, 7) is -0.236. The van der Waals surface area contributed by atoms with Gasteiger partial charge in [0, 0.05) is 4.70 Å². The fraction of sp³-hybridized carbons (Fsp3) is 0.0667. The molecule has 120 valence electrons. The number of fused-ring (bicyclic) bond motifs is 2. The Hall–Kier alpha value is -2.65. The van der Waals surface area contributed by atoms with Crippen LogP contribution in [0, 0.1) is 0 Å².